The third-order valence-electron chi connectivity index (χ3n) is 2.62. The number of nitriles is 1. The van der Waals surface area contributed by atoms with Crippen molar-refractivity contribution in [3.05, 3.63) is 48.0 Å². The summed E-state index contributed by atoms with van der Waals surface area (Å²) in [6.07, 6.45) is 0. The van der Waals surface area contributed by atoms with Gasteiger partial charge < -0.3 is 10.2 Å². The maximum atomic E-state index is 8.83. The summed E-state index contributed by atoms with van der Waals surface area (Å²) in [7, 11) is 0. The van der Waals surface area contributed by atoms with E-state index in [2.05, 4.69) is 4.98 Å². The number of nitrogens with zero attached hydrogens (tertiary/aromatic N) is 2. The van der Waals surface area contributed by atoms with E-state index in [1.165, 1.54) is 11.8 Å². The molecule has 0 aliphatic rings. The predicted molar refractivity (Wildman–Crippen MR) is 73.7 cm³/mol. The zero-order valence-electron chi connectivity index (χ0n) is 9.83. The lowest BCUT2D eigenvalue weighted by Crippen LogP contribution is -1.89. The molecule has 1 heterocycles. The van der Waals surface area contributed by atoms with Crippen molar-refractivity contribution < 1.29 is 4.42 Å². The predicted octanol–water partition coefficient (Wildman–Crippen LogP) is 3.43. The Hall–Kier alpha value is -2.45. The summed E-state index contributed by atoms with van der Waals surface area (Å²) >= 11 is 1.38. The Bertz CT molecular complexity index is 756. The van der Waals surface area contributed by atoms with Crippen molar-refractivity contribution in [2.75, 3.05) is 5.73 Å². The lowest BCUT2D eigenvalue weighted by Gasteiger charge is -2.00. The molecule has 19 heavy (non-hydrogen) atoms. The molecule has 0 unspecified atom stereocenters. The zero-order valence-corrected chi connectivity index (χ0v) is 10.6. The highest BCUT2D eigenvalue weighted by Crippen LogP contribution is 2.31. The summed E-state index contributed by atoms with van der Waals surface area (Å²) in [6.45, 7) is 0. The zero-order chi connectivity index (χ0) is 13.2. The molecule has 5 heteroatoms. The molecule has 2 aromatic carbocycles. The minimum absolute atomic E-state index is 0.462. The van der Waals surface area contributed by atoms with Gasteiger partial charge in [0.05, 0.1) is 11.3 Å². The number of hydrogen-bond acceptors (Lipinski definition) is 5. The van der Waals surface area contributed by atoms with Crippen LogP contribution in [0.5, 0.6) is 0 Å². The number of anilines is 1. The first-order chi connectivity index (χ1) is 9.26. The molecule has 0 fully saturated rings. The molecule has 0 aliphatic carbocycles. The van der Waals surface area contributed by atoms with E-state index in [0.29, 0.717) is 16.5 Å². The topological polar surface area (TPSA) is 75.8 Å². The number of oxazole rings is 1. The minimum Gasteiger partial charge on any atom is -0.431 e. The van der Waals surface area contributed by atoms with Crippen LogP contribution < -0.4 is 5.73 Å². The molecule has 3 aromatic rings. The smallest absolute Gasteiger partial charge is 0.261 e. The van der Waals surface area contributed by atoms with E-state index in [-0.39, 0.29) is 0 Å². The van der Waals surface area contributed by atoms with Crippen LogP contribution in [0, 0.1) is 11.3 Å². The Kier molecular flexibility index (Phi) is 2.86. The van der Waals surface area contributed by atoms with Crippen molar-refractivity contribution in [1.29, 1.82) is 5.26 Å². The number of aromatic nitrogens is 1. The van der Waals surface area contributed by atoms with Gasteiger partial charge in [-0.2, -0.15) is 5.26 Å². The van der Waals surface area contributed by atoms with Crippen LogP contribution in [-0.2, 0) is 0 Å². The van der Waals surface area contributed by atoms with Crippen LogP contribution in [-0.4, -0.2) is 4.98 Å². The third kappa shape index (κ3) is 2.26. The number of fused-ring (bicyclic) bond motifs is 1. The molecule has 3 rings (SSSR count). The van der Waals surface area contributed by atoms with Gasteiger partial charge in [0.25, 0.3) is 5.22 Å². The summed E-state index contributed by atoms with van der Waals surface area (Å²) in [5, 5.41) is 9.39. The average Bonchev–Trinajstić information content (AvgIpc) is 2.81. The molecular formula is C14H9N3OS. The van der Waals surface area contributed by atoms with Gasteiger partial charge in [0.15, 0.2) is 5.58 Å². The highest BCUT2D eigenvalue weighted by Gasteiger charge is 2.08. The monoisotopic (exact) mass is 267 g/mol. The summed E-state index contributed by atoms with van der Waals surface area (Å²) in [6, 6.07) is 14.9. The lowest BCUT2D eigenvalue weighted by molar-refractivity contribution is 0.489. The quantitative estimate of drug-likeness (QED) is 0.720. The fourth-order valence-electron chi connectivity index (χ4n) is 1.70. The van der Waals surface area contributed by atoms with Gasteiger partial charge in [0.1, 0.15) is 11.6 Å². The van der Waals surface area contributed by atoms with Crippen molar-refractivity contribution in [2.24, 2.45) is 0 Å². The SMILES string of the molecule is N#Cc1ccc(Sc2nc3ccccc3o2)cc1N. The van der Waals surface area contributed by atoms with Crippen molar-refractivity contribution in [1.82, 2.24) is 4.98 Å². The van der Waals surface area contributed by atoms with Crippen molar-refractivity contribution in [3.8, 4) is 6.07 Å². The second-order valence-electron chi connectivity index (χ2n) is 3.91. The molecule has 0 amide bonds. The number of para-hydroxylation sites is 2. The Morgan fingerprint density at radius 1 is 1.21 bits per heavy atom. The lowest BCUT2D eigenvalue weighted by atomic mass is 10.2. The summed E-state index contributed by atoms with van der Waals surface area (Å²) < 4.78 is 5.61. The van der Waals surface area contributed by atoms with Crippen LogP contribution in [0.4, 0.5) is 5.69 Å². The van der Waals surface area contributed by atoms with E-state index in [9.17, 15) is 0 Å². The maximum absolute atomic E-state index is 8.83. The molecule has 1 aromatic heterocycles. The van der Waals surface area contributed by atoms with E-state index in [1.54, 1.807) is 12.1 Å². The van der Waals surface area contributed by atoms with Gasteiger partial charge in [0.2, 0.25) is 0 Å². The highest BCUT2D eigenvalue weighted by atomic mass is 32.2. The van der Waals surface area contributed by atoms with Gasteiger partial charge >= 0.3 is 0 Å². The fourth-order valence-corrected chi connectivity index (χ4v) is 2.50. The van der Waals surface area contributed by atoms with Crippen LogP contribution >= 0.6 is 11.8 Å². The van der Waals surface area contributed by atoms with Crippen LogP contribution in [0.25, 0.3) is 11.1 Å². The van der Waals surface area contributed by atoms with Crippen LogP contribution in [0.2, 0.25) is 0 Å². The standard InChI is InChI=1S/C14H9N3OS/c15-8-9-5-6-10(7-11(9)16)19-14-17-12-3-1-2-4-13(12)18-14/h1-7H,16H2. The molecule has 0 aliphatic heterocycles. The minimum atomic E-state index is 0.462. The first kappa shape index (κ1) is 11.6. The Labute approximate surface area is 113 Å². The van der Waals surface area contributed by atoms with E-state index >= 15 is 0 Å². The first-order valence-electron chi connectivity index (χ1n) is 5.59. The van der Waals surface area contributed by atoms with Crippen LogP contribution in [0.3, 0.4) is 0 Å². The van der Waals surface area contributed by atoms with Gasteiger partial charge in [-0.3, -0.25) is 0 Å². The number of benzene rings is 2. The molecule has 0 atom stereocenters. The highest BCUT2D eigenvalue weighted by molar-refractivity contribution is 7.99. The van der Waals surface area contributed by atoms with Gasteiger partial charge in [-0.15, -0.1) is 0 Å². The van der Waals surface area contributed by atoms with Crippen LogP contribution in [0.15, 0.2) is 57.0 Å². The molecule has 0 spiro atoms. The van der Waals surface area contributed by atoms with E-state index in [0.717, 1.165) is 16.0 Å². The molecule has 0 radical (unpaired) electrons. The second-order valence-corrected chi connectivity index (χ2v) is 4.94. The van der Waals surface area contributed by atoms with Crippen molar-refractivity contribution >= 4 is 28.5 Å². The molecule has 0 bridgehead atoms. The number of nitrogen functional groups attached to an aromatic ring is 1. The van der Waals surface area contributed by atoms with Gasteiger partial charge in [-0.1, -0.05) is 12.1 Å². The van der Waals surface area contributed by atoms with E-state index < -0.39 is 0 Å². The molecule has 4 nitrogen and oxygen atoms in total. The summed E-state index contributed by atoms with van der Waals surface area (Å²) in [4.78, 5) is 5.26. The van der Waals surface area contributed by atoms with Crippen LogP contribution in [0.1, 0.15) is 5.56 Å². The Balaban J connectivity index is 1.92. The maximum Gasteiger partial charge on any atom is 0.261 e. The largest absolute Gasteiger partial charge is 0.431 e. The molecule has 2 N–H and O–H groups in total. The second kappa shape index (κ2) is 4.67. The number of rotatable bonds is 2. The molecular weight excluding hydrogens is 258 g/mol. The van der Waals surface area contributed by atoms with Crippen molar-refractivity contribution in [3.63, 3.8) is 0 Å². The Morgan fingerprint density at radius 2 is 2.05 bits per heavy atom. The first-order valence-corrected chi connectivity index (χ1v) is 6.41. The van der Waals surface area contributed by atoms with Gasteiger partial charge in [-0.05, 0) is 42.1 Å². The Morgan fingerprint density at radius 3 is 2.79 bits per heavy atom. The number of hydrogen-bond donors (Lipinski definition) is 1. The third-order valence-corrected chi connectivity index (χ3v) is 3.46. The fraction of sp³-hybridized carbons (Fsp3) is 0. The van der Waals surface area contributed by atoms with E-state index in [1.807, 2.05) is 36.4 Å². The van der Waals surface area contributed by atoms with Gasteiger partial charge in [0, 0.05) is 4.90 Å². The number of nitrogens with two attached hydrogens (primary N) is 1. The summed E-state index contributed by atoms with van der Waals surface area (Å²) in [5.74, 6) is 0. The molecule has 0 saturated carbocycles. The molecule has 92 valence electrons. The molecule has 0 saturated heterocycles. The normalized spacial score (nSPS) is 10.5. The van der Waals surface area contributed by atoms with Gasteiger partial charge in [-0.25, -0.2) is 4.98 Å². The van der Waals surface area contributed by atoms with Crippen molar-refractivity contribution in [2.45, 2.75) is 10.1 Å². The summed E-state index contributed by atoms with van der Waals surface area (Å²) in [5.41, 5.74) is 8.29. The average molecular weight is 267 g/mol. The van der Waals surface area contributed by atoms with E-state index in [4.69, 9.17) is 15.4 Å².